The predicted octanol–water partition coefficient (Wildman–Crippen LogP) is 2.90. The highest BCUT2D eigenvalue weighted by atomic mass is 32.1. The van der Waals surface area contributed by atoms with Gasteiger partial charge in [-0.2, -0.15) is 0 Å². The highest BCUT2D eigenvalue weighted by Gasteiger charge is 2.35. The molecule has 10 heteroatoms. The quantitative estimate of drug-likeness (QED) is 0.614. The Balaban J connectivity index is 1.14. The smallest absolute Gasteiger partial charge is 0.229 e. The minimum atomic E-state index is -0.429. The van der Waals surface area contributed by atoms with Crippen LogP contribution in [0.4, 0.5) is 16.5 Å². The van der Waals surface area contributed by atoms with Crippen LogP contribution >= 0.6 is 11.3 Å². The van der Waals surface area contributed by atoms with Gasteiger partial charge in [-0.25, -0.2) is 4.98 Å². The number of nitrogens with one attached hydrogen (secondary N) is 1. The fraction of sp³-hybridized carbons (Fsp3) is 0.375. The van der Waals surface area contributed by atoms with Crippen LogP contribution in [0.2, 0.25) is 0 Å². The number of nitrogens with zero attached hydrogens (tertiary/aromatic N) is 3. The first-order valence-electron chi connectivity index (χ1n) is 11.4. The molecule has 2 amide bonds. The molecular weight excluding hydrogens is 456 g/mol. The second-order valence-corrected chi connectivity index (χ2v) is 9.51. The van der Waals surface area contributed by atoms with Crippen molar-refractivity contribution in [2.75, 3.05) is 61.2 Å². The molecule has 2 fully saturated rings. The zero-order chi connectivity index (χ0) is 23.1. The van der Waals surface area contributed by atoms with Gasteiger partial charge in [-0.05, 0) is 30.3 Å². The van der Waals surface area contributed by atoms with Gasteiger partial charge in [0.15, 0.2) is 16.6 Å². The number of fused-ring (bicyclic) bond motifs is 2. The molecule has 0 aliphatic carbocycles. The van der Waals surface area contributed by atoms with Crippen molar-refractivity contribution in [1.29, 1.82) is 0 Å². The second-order valence-electron chi connectivity index (χ2n) is 8.50. The molecule has 0 saturated carbocycles. The molecule has 3 aliphatic heterocycles. The number of aromatic nitrogens is 1. The van der Waals surface area contributed by atoms with Gasteiger partial charge in [0, 0.05) is 43.5 Å². The van der Waals surface area contributed by atoms with Crippen molar-refractivity contribution in [1.82, 2.24) is 4.98 Å². The summed E-state index contributed by atoms with van der Waals surface area (Å²) in [5.41, 5.74) is 2.33. The van der Waals surface area contributed by atoms with E-state index < -0.39 is 5.92 Å². The summed E-state index contributed by atoms with van der Waals surface area (Å²) in [5, 5.41) is 3.96. The van der Waals surface area contributed by atoms with Crippen LogP contribution in [0.15, 0.2) is 36.4 Å². The number of rotatable bonds is 4. The Morgan fingerprint density at radius 2 is 1.85 bits per heavy atom. The van der Waals surface area contributed by atoms with E-state index in [9.17, 15) is 9.59 Å². The molecule has 3 aliphatic rings. The average Bonchev–Trinajstić information content (AvgIpc) is 3.48. The van der Waals surface area contributed by atoms with Crippen LogP contribution in [0, 0.1) is 5.92 Å². The van der Waals surface area contributed by atoms with Crippen LogP contribution in [0.5, 0.6) is 11.5 Å². The molecule has 4 heterocycles. The van der Waals surface area contributed by atoms with Crippen LogP contribution in [-0.2, 0) is 14.3 Å². The lowest BCUT2D eigenvalue weighted by Crippen LogP contribution is -2.36. The van der Waals surface area contributed by atoms with Crippen LogP contribution in [0.1, 0.15) is 6.42 Å². The second kappa shape index (κ2) is 8.77. The molecule has 6 rings (SSSR count). The zero-order valence-corrected chi connectivity index (χ0v) is 19.3. The maximum atomic E-state index is 13.0. The van der Waals surface area contributed by atoms with Crippen molar-refractivity contribution in [3.8, 4) is 11.5 Å². The summed E-state index contributed by atoms with van der Waals surface area (Å²) in [4.78, 5) is 34.3. The Labute approximate surface area is 200 Å². The van der Waals surface area contributed by atoms with Crippen molar-refractivity contribution in [2.24, 2.45) is 5.92 Å². The highest BCUT2D eigenvalue weighted by Crippen LogP contribution is 2.36. The van der Waals surface area contributed by atoms with E-state index in [2.05, 4.69) is 10.2 Å². The first kappa shape index (κ1) is 21.2. The summed E-state index contributed by atoms with van der Waals surface area (Å²) < 4.78 is 17.6. The molecule has 34 heavy (non-hydrogen) atoms. The van der Waals surface area contributed by atoms with E-state index in [0.717, 1.165) is 28.4 Å². The number of ether oxygens (including phenoxy) is 3. The molecule has 2 aromatic carbocycles. The number of carbonyl (C=O) groups is 2. The van der Waals surface area contributed by atoms with E-state index in [1.807, 2.05) is 24.3 Å². The van der Waals surface area contributed by atoms with Crippen molar-refractivity contribution in [3.05, 3.63) is 36.4 Å². The third-order valence-corrected chi connectivity index (χ3v) is 7.34. The van der Waals surface area contributed by atoms with Crippen molar-refractivity contribution in [2.45, 2.75) is 6.42 Å². The lowest BCUT2D eigenvalue weighted by molar-refractivity contribution is -0.122. The molecular formula is C24H24N4O5S. The number of anilines is 3. The van der Waals surface area contributed by atoms with Crippen LogP contribution in [0.25, 0.3) is 10.2 Å². The Bertz CT molecular complexity index is 1260. The van der Waals surface area contributed by atoms with Crippen molar-refractivity contribution >= 4 is 49.9 Å². The zero-order valence-electron chi connectivity index (χ0n) is 18.5. The van der Waals surface area contributed by atoms with Crippen LogP contribution in [-0.4, -0.2) is 62.9 Å². The number of morpholine rings is 1. The van der Waals surface area contributed by atoms with E-state index in [-0.39, 0.29) is 18.2 Å². The molecule has 0 spiro atoms. The van der Waals surface area contributed by atoms with Gasteiger partial charge >= 0.3 is 0 Å². The lowest BCUT2D eigenvalue weighted by Gasteiger charge is -2.25. The molecule has 1 unspecified atom stereocenters. The number of benzene rings is 2. The minimum absolute atomic E-state index is 0.0788. The van der Waals surface area contributed by atoms with Gasteiger partial charge in [0.05, 0.1) is 29.3 Å². The molecule has 176 valence electrons. The first-order chi connectivity index (χ1) is 16.6. The lowest BCUT2D eigenvalue weighted by atomic mass is 10.1. The molecule has 9 nitrogen and oxygen atoms in total. The number of carbonyl (C=O) groups excluding carboxylic acids is 2. The summed E-state index contributed by atoms with van der Waals surface area (Å²) in [6.45, 7) is 4.40. The highest BCUT2D eigenvalue weighted by molar-refractivity contribution is 7.22. The van der Waals surface area contributed by atoms with Gasteiger partial charge in [-0.1, -0.05) is 11.3 Å². The fourth-order valence-electron chi connectivity index (χ4n) is 4.46. The van der Waals surface area contributed by atoms with Gasteiger partial charge in [0.1, 0.15) is 13.2 Å². The predicted molar refractivity (Wildman–Crippen MR) is 129 cm³/mol. The van der Waals surface area contributed by atoms with E-state index in [4.69, 9.17) is 19.2 Å². The number of hydrogen-bond donors (Lipinski definition) is 1. The summed E-state index contributed by atoms with van der Waals surface area (Å²) in [7, 11) is 0. The fourth-order valence-corrected chi connectivity index (χ4v) is 5.51. The summed E-state index contributed by atoms with van der Waals surface area (Å²) >= 11 is 1.61. The topological polar surface area (TPSA) is 93.2 Å². The van der Waals surface area contributed by atoms with Gasteiger partial charge in [-0.3, -0.25) is 9.59 Å². The number of hydrogen-bond acceptors (Lipinski definition) is 8. The van der Waals surface area contributed by atoms with Crippen LogP contribution in [0.3, 0.4) is 0 Å². The van der Waals surface area contributed by atoms with Gasteiger partial charge < -0.3 is 29.3 Å². The Morgan fingerprint density at radius 3 is 2.71 bits per heavy atom. The van der Waals surface area contributed by atoms with Gasteiger partial charge in [-0.15, -0.1) is 0 Å². The summed E-state index contributed by atoms with van der Waals surface area (Å²) in [6, 6.07) is 11.2. The Kier molecular flexibility index (Phi) is 5.46. The molecule has 1 atom stereocenters. The van der Waals surface area contributed by atoms with E-state index in [0.29, 0.717) is 55.8 Å². The van der Waals surface area contributed by atoms with E-state index >= 15 is 0 Å². The standard InChI is InChI=1S/C24H24N4O5S/c29-22-11-15(14-28(22)17-2-4-19-20(13-17)33-10-9-32-19)23(30)25-16-1-3-18-21(12-16)34-24(26-18)27-5-7-31-8-6-27/h1-4,12-13,15H,5-11,14H2,(H,25,30). The first-order valence-corrected chi connectivity index (χ1v) is 12.2. The maximum absolute atomic E-state index is 13.0. The van der Waals surface area contributed by atoms with E-state index in [1.165, 1.54) is 0 Å². The molecule has 0 radical (unpaired) electrons. The van der Waals surface area contributed by atoms with Gasteiger partial charge in [0.2, 0.25) is 11.8 Å². The Hall–Kier alpha value is -3.37. The normalized spacial score (nSPS) is 20.1. The van der Waals surface area contributed by atoms with Crippen molar-refractivity contribution in [3.63, 3.8) is 0 Å². The number of amides is 2. The number of thiazole rings is 1. The summed E-state index contributed by atoms with van der Waals surface area (Å²) in [5.74, 6) is 0.627. The SMILES string of the molecule is O=C(Nc1ccc2nc(N3CCOCC3)sc2c1)C1CC(=O)N(c2ccc3c(c2)OCCO3)C1. The average molecular weight is 481 g/mol. The third kappa shape index (κ3) is 4.03. The molecule has 0 bridgehead atoms. The Morgan fingerprint density at radius 1 is 1.03 bits per heavy atom. The maximum Gasteiger partial charge on any atom is 0.229 e. The monoisotopic (exact) mass is 480 g/mol. The third-order valence-electron chi connectivity index (χ3n) is 6.26. The van der Waals surface area contributed by atoms with Gasteiger partial charge in [0.25, 0.3) is 0 Å². The minimum Gasteiger partial charge on any atom is -0.486 e. The molecule has 1 aromatic heterocycles. The molecule has 1 N–H and O–H groups in total. The summed E-state index contributed by atoms with van der Waals surface area (Å²) in [6.07, 6.45) is 0.171. The molecule has 2 saturated heterocycles. The molecule has 3 aromatic rings. The van der Waals surface area contributed by atoms with Crippen LogP contribution < -0.4 is 24.6 Å². The van der Waals surface area contributed by atoms with Crippen molar-refractivity contribution < 1.29 is 23.8 Å². The largest absolute Gasteiger partial charge is 0.486 e. The van der Waals surface area contributed by atoms with E-state index in [1.54, 1.807) is 28.4 Å².